The quantitative estimate of drug-likeness (QED) is 0.880. The molecule has 0 unspecified atom stereocenters. The summed E-state index contributed by atoms with van der Waals surface area (Å²) in [5.41, 5.74) is 1.87. The van der Waals surface area contributed by atoms with Gasteiger partial charge in [-0.05, 0) is 19.1 Å². The van der Waals surface area contributed by atoms with Crippen LogP contribution in [-0.4, -0.2) is 40.1 Å². The molecule has 2 aromatic heterocycles. The van der Waals surface area contributed by atoms with E-state index in [1.807, 2.05) is 14.0 Å². The molecule has 1 saturated heterocycles. The van der Waals surface area contributed by atoms with E-state index in [1.165, 1.54) is 6.07 Å². The number of aryl methyl sites for hydroxylation is 1. The van der Waals surface area contributed by atoms with E-state index in [0.29, 0.717) is 0 Å². The number of aromatic nitrogens is 2. The second-order valence-corrected chi connectivity index (χ2v) is 6.44. The van der Waals surface area contributed by atoms with Gasteiger partial charge < -0.3 is 14.6 Å². The third-order valence-corrected chi connectivity index (χ3v) is 4.88. The molecule has 2 aromatic rings. The van der Waals surface area contributed by atoms with Gasteiger partial charge >= 0.3 is 0 Å². The molecular weight excluding hydrogens is 346 g/mol. The van der Waals surface area contributed by atoms with Crippen LogP contribution >= 0.6 is 0 Å². The fraction of sp³-hybridized carbons (Fsp3) is 0.471. The molecule has 0 aromatic carbocycles. The number of rotatable bonds is 5. The van der Waals surface area contributed by atoms with Gasteiger partial charge in [0.1, 0.15) is 0 Å². The molecule has 3 rings (SSSR count). The van der Waals surface area contributed by atoms with Crippen molar-refractivity contribution in [1.29, 1.82) is 0 Å². The Kier molecular flexibility index (Phi) is 4.80. The number of likely N-dealkylation sites (tertiary alicyclic amines) is 1. The molecule has 1 aliphatic heterocycles. The van der Waals surface area contributed by atoms with Crippen molar-refractivity contribution >= 4 is 11.8 Å². The lowest BCUT2D eigenvalue weighted by Crippen LogP contribution is -2.32. The van der Waals surface area contributed by atoms with Crippen LogP contribution in [0.1, 0.15) is 46.5 Å². The van der Waals surface area contributed by atoms with Gasteiger partial charge in [-0.2, -0.15) is 5.10 Å². The number of amides is 2. The molecule has 2 amide bonds. The summed E-state index contributed by atoms with van der Waals surface area (Å²) in [7, 11) is 3.55. The molecule has 2 atom stereocenters. The fourth-order valence-corrected chi connectivity index (χ4v) is 3.31. The standard InChI is InChI=1S/C17H20F2N4O3/c1-9-11(8-21-23(9)3)15-10(6-14(24)22(15)2)7-20-17(25)13-5-4-12(26-13)16(18)19/h4-5,8,10,15-16H,6-7H2,1-3H3,(H,20,25)/t10-,15+/m1/s1. The lowest BCUT2D eigenvalue weighted by atomic mass is 9.94. The Hall–Kier alpha value is -2.71. The second kappa shape index (κ2) is 6.89. The molecule has 9 heteroatoms. The lowest BCUT2D eigenvalue weighted by Gasteiger charge is -2.25. The Bertz CT molecular complexity index is 830. The maximum Gasteiger partial charge on any atom is 0.295 e. The molecule has 1 N–H and O–H groups in total. The second-order valence-electron chi connectivity index (χ2n) is 6.44. The van der Waals surface area contributed by atoms with Gasteiger partial charge in [-0.25, -0.2) is 8.78 Å². The third kappa shape index (κ3) is 3.21. The highest BCUT2D eigenvalue weighted by atomic mass is 19.3. The van der Waals surface area contributed by atoms with E-state index in [2.05, 4.69) is 10.4 Å². The zero-order chi connectivity index (χ0) is 19.0. The normalized spacial score (nSPS) is 20.2. The first-order valence-electron chi connectivity index (χ1n) is 8.19. The van der Waals surface area contributed by atoms with Gasteiger partial charge in [-0.15, -0.1) is 0 Å². The van der Waals surface area contributed by atoms with E-state index < -0.39 is 18.1 Å². The van der Waals surface area contributed by atoms with Gasteiger partial charge in [-0.1, -0.05) is 0 Å². The van der Waals surface area contributed by atoms with E-state index in [-0.39, 0.29) is 36.6 Å². The van der Waals surface area contributed by atoms with Gasteiger partial charge in [-0.3, -0.25) is 14.3 Å². The molecule has 0 bridgehead atoms. The average molecular weight is 366 g/mol. The van der Waals surface area contributed by atoms with Crippen molar-refractivity contribution in [2.75, 3.05) is 13.6 Å². The van der Waals surface area contributed by atoms with Gasteiger partial charge in [0.15, 0.2) is 11.5 Å². The molecule has 1 fully saturated rings. The maximum atomic E-state index is 12.6. The maximum absolute atomic E-state index is 12.6. The lowest BCUT2D eigenvalue weighted by molar-refractivity contribution is -0.127. The molecule has 3 heterocycles. The summed E-state index contributed by atoms with van der Waals surface area (Å²) in [5.74, 6) is -1.47. The van der Waals surface area contributed by atoms with E-state index >= 15 is 0 Å². The van der Waals surface area contributed by atoms with Crippen LogP contribution in [0.2, 0.25) is 0 Å². The minimum Gasteiger partial charge on any atom is -0.450 e. The van der Waals surface area contributed by atoms with Crippen LogP contribution in [0, 0.1) is 12.8 Å². The summed E-state index contributed by atoms with van der Waals surface area (Å²) >= 11 is 0. The van der Waals surface area contributed by atoms with E-state index in [9.17, 15) is 18.4 Å². The number of carbonyl (C=O) groups is 2. The molecule has 0 saturated carbocycles. The Morgan fingerprint density at radius 2 is 2.15 bits per heavy atom. The summed E-state index contributed by atoms with van der Waals surface area (Å²) in [6, 6.07) is 2.09. The number of alkyl halides is 2. The number of hydrogen-bond acceptors (Lipinski definition) is 4. The number of nitrogens with zero attached hydrogens (tertiary/aromatic N) is 3. The summed E-state index contributed by atoms with van der Waals surface area (Å²) < 4.78 is 31.7. The number of halogens is 2. The number of hydrogen-bond donors (Lipinski definition) is 1. The van der Waals surface area contributed by atoms with Crippen molar-refractivity contribution in [3.8, 4) is 0 Å². The Morgan fingerprint density at radius 1 is 1.42 bits per heavy atom. The summed E-state index contributed by atoms with van der Waals surface area (Å²) in [6.45, 7) is 2.14. The van der Waals surface area contributed by atoms with Crippen LogP contribution in [0.25, 0.3) is 0 Å². The van der Waals surface area contributed by atoms with E-state index in [1.54, 1.807) is 22.8 Å². The van der Waals surface area contributed by atoms with Crippen LogP contribution in [0.4, 0.5) is 8.78 Å². The van der Waals surface area contributed by atoms with Crippen molar-refractivity contribution in [3.63, 3.8) is 0 Å². The van der Waals surface area contributed by atoms with Crippen LogP contribution in [0.3, 0.4) is 0 Å². The number of carbonyl (C=O) groups excluding carboxylic acids is 2. The fourth-order valence-electron chi connectivity index (χ4n) is 3.31. The predicted molar refractivity (Wildman–Crippen MR) is 87.6 cm³/mol. The zero-order valence-electron chi connectivity index (χ0n) is 14.7. The predicted octanol–water partition coefficient (Wildman–Crippen LogP) is 2.21. The molecule has 0 aliphatic carbocycles. The number of furan rings is 1. The zero-order valence-corrected chi connectivity index (χ0v) is 14.7. The molecule has 1 aliphatic rings. The first-order valence-corrected chi connectivity index (χ1v) is 8.19. The highest BCUT2D eigenvalue weighted by Gasteiger charge is 2.40. The molecule has 26 heavy (non-hydrogen) atoms. The van der Waals surface area contributed by atoms with Crippen molar-refractivity contribution in [2.24, 2.45) is 13.0 Å². The topological polar surface area (TPSA) is 80.4 Å². The van der Waals surface area contributed by atoms with Gasteiger partial charge in [0.2, 0.25) is 5.91 Å². The Balaban J connectivity index is 1.72. The highest BCUT2D eigenvalue weighted by molar-refractivity contribution is 5.91. The molecular formula is C17H20F2N4O3. The first-order chi connectivity index (χ1) is 12.3. The SMILES string of the molecule is Cc1c([C@@H]2[C@@H](CNC(=O)c3ccc(C(F)F)o3)CC(=O)N2C)cnn1C. The summed E-state index contributed by atoms with van der Waals surface area (Å²) in [4.78, 5) is 26.0. The van der Waals surface area contributed by atoms with Crippen molar-refractivity contribution in [3.05, 3.63) is 41.1 Å². The smallest absolute Gasteiger partial charge is 0.295 e. The summed E-state index contributed by atoms with van der Waals surface area (Å²) in [6.07, 6.45) is -0.753. The van der Waals surface area contributed by atoms with Crippen LogP contribution in [0.5, 0.6) is 0 Å². The number of nitrogens with one attached hydrogen (secondary N) is 1. The van der Waals surface area contributed by atoms with E-state index in [0.717, 1.165) is 17.3 Å². The first kappa shape index (κ1) is 18.1. The van der Waals surface area contributed by atoms with Gasteiger partial charge in [0, 0.05) is 44.2 Å². The Morgan fingerprint density at radius 3 is 2.73 bits per heavy atom. The third-order valence-electron chi connectivity index (χ3n) is 4.88. The molecule has 0 radical (unpaired) electrons. The minimum absolute atomic E-state index is 0.0181. The molecule has 140 valence electrons. The van der Waals surface area contributed by atoms with Crippen molar-refractivity contribution in [1.82, 2.24) is 20.0 Å². The van der Waals surface area contributed by atoms with Crippen LogP contribution in [-0.2, 0) is 11.8 Å². The van der Waals surface area contributed by atoms with Crippen molar-refractivity contribution < 1.29 is 22.8 Å². The summed E-state index contributed by atoms with van der Waals surface area (Å²) in [5, 5.41) is 6.90. The van der Waals surface area contributed by atoms with Crippen LogP contribution in [0.15, 0.2) is 22.7 Å². The molecule has 7 nitrogen and oxygen atoms in total. The van der Waals surface area contributed by atoms with Crippen LogP contribution < -0.4 is 5.32 Å². The highest BCUT2D eigenvalue weighted by Crippen LogP contribution is 2.37. The minimum atomic E-state index is -2.77. The Labute approximate surface area is 148 Å². The van der Waals surface area contributed by atoms with E-state index in [4.69, 9.17) is 4.42 Å². The van der Waals surface area contributed by atoms with Gasteiger partial charge in [0.25, 0.3) is 12.3 Å². The average Bonchev–Trinajstić information content (AvgIpc) is 3.28. The van der Waals surface area contributed by atoms with Gasteiger partial charge in [0.05, 0.1) is 12.2 Å². The molecule has 0 spiro atoms. The largest absolute Gasteiger partial charge is 0.450 e. The monoisotopic (exact) mass is 366 g/mol. The van der Waals surface area contributed by atoms with Crippen molar-refractivity contribution in [2.45, 2.75) is 25.8 Å².